The van der Waals surface area contributed by atoms with E-state index in [4.69, 9.17) is 29.6 Å². The molecule has 2 aromatic carbocycles. The van der Waals surface area contributed by atoms with Crippen LogP contribution in [0.1, 0.15) is 22.5 Å². The molecule has 0 atom stereocenters. The van der Waals surface area contributed by atoms with Gasteiger partial charge in [0.05, 0.1) is 0 Å². The van der Waals surface area contributed by atoms with Gasteiger partial charge < -0.3 is 10.3 Å². The van der Waals surface area contributed by atoms with Gasteiger partial charge in [-0.1, -0.05) is 54.2 Å². The van der Waals surface area contributed by atoms with Crippen LogP contribution in [0.5, 0.6) is 0 Å². The molecule has 0 aliphatic carbocycles. The van der Waals surface area contributed by atoms with E-state index >= 15 is 0 Å². The minimum Gasteiger partial charge on any atom is -0.389 e. The first-order valence-electron chi connectivity index (χ1n) is 7.25. The van der Waals surface area contributed by atoms with Crippen molar-refractivity contribution in [3.63, 3.8) is 0 Å². The minimum absolute atomic E-state index is 0.416. The van der Waals surface area contributed by atoms with Gasteiger partial charge in [-0.2, -0.15) is 0 Å². The normalized spacial score (nSPS) is 10.7. The molecule has 0 saturated heterocycles. The fraction of sp³-hybridized carbons (Fsp3) is 0.111. The topological polar surface area (TPSA) is 43.8 Å². The summed E-state index contributed by atoms with van der Waals surface area (Å²) in [5, 5.41) is 0.742. The molecule has 0 amide bonds. The van der Waals surface area contributed by atoms with E-state index in [0.717, 1.165) is 34.9 Å². The number of hydrogen-bond donors (Lipinski definition) is 1. The molecule has 3 aromatic rings. The first kappa shape index (κ1) is 15.7. The van der Waals surface area contributed by atoms with Gasteiger partial charge in [0.2, 0.25) is 0 Å². The molecular weight excluding hydrogens is 326 g/mol. The van der Waals surface area contributed by atoms with Crippen molar-refractivity contribution in [1.82, 2.24) is 9.55 Å². The highest BCUT2D eigenvalue weighted by molar-refractivity contribution is 7.80. The minimum atomic E-state index is 0.416. The summed E-state index contributed by atoms with van der Waals surface area (Å²) >= 11 is 11.0. The van der Waals surface area contributed by atoms with Gasteiger partial charge in [-0.3, -0.25) is 0 Å². The highest BCUT2D eigenvalue weighted by atomic mass is 35.5. The van der Waals surface area contributed by atoms with Crippen LogP contribution >= 0.6 is 23.8 Å². The Morgan fingerprint density at radius 3 is 2.65 bits per heavy atom. The SMILES string of the molecule is NC(=S)c1cccc(Cn2ccnc2Cc2ccc(Cl)cc2)c1. The lowest BCUT2D eigenvalue weighted by molar-refractivity contribution is 0.740. The van der Waals surface area contributed by atoms with Crippen molar-refractivity contribution in [2.24, 2.45) is 5.73 Å². The molecule has 3 rings (SSSR count). The largest absolute Gasteiger partial charge is 0.389 e. The summed E-state index contributed by atoms with van der Waals surface area (Å²) in [5.74, 6) is 1.01. The number of imidazole rings is 1. The molecule has 23 heavy (non-hydrogen) atoms. The molecule has 1 aromatic heterocycles. The summed E-state index contributed by atoms with van der Waals surface area (Å²) in [4.78, 5) is 4.88. The van der Waals surface area contributed by atoms with Crippen molar-refractivity contribution in [2.75, 3.05) is 0 Å². The van der Waals surface area contributed by atoms with Gasteiger partial charge >= 0.3 is 0 Å². The number of nitrogens with two attached hydrogens (primary N) is 1. The summed E-state index contributed by atoms with van der Waals surface area (Å²) in [5.41, 5.74) is 8.91. The van der Waals surface area contributed by atoms with Crippen molar-refractivity contribution >= 4 is 28.8 Å². The first-order chi connectivity index (χ1) is 11.1. The second-order valence-electron chi connectivity index (χ2n) is 5.34. The van der Waals surface area contributed by atoms with E-state index in [1.807, 2.05) is 54.9 Å². The maximum Gasteiger partial charge on any atom is 0.113 e. The van der Waals surface area contributed by atoms with Crippen LogP contribution in [0.25, 0.3) is 0 Å². The predicted molar refractivity (Wildman–Crippen MR) is 97.9 cm³/mol. The van der Waals surface area contributed by atoms with Gasteiger partial charge in [-0.25, -0.2) is 4.98 Å². The van der Waals surface area contributed by atoms with Crippen molar-refractivity contribution in [3.8, 4) is 0 Å². The van der Waals surface area contributed by atoms with Crippen molar-refractivity contribution in [2.45, 2.75) is 13.0 Å². The maximum atomic E-state index is 5.93. The lowest BCUT2D eigenvalue weighted by atomic mass is 10.1. The number of benzene rings is 2. The molecule has 0 spiro atoms. The quantitative estimate of drug-likeness (QED) is 0.718. The molecule has 0 fully saturated rings. The summed E-state index contributed by atoms with van der Waals surface area (Å²) in [7, 11) is 0. The molecule has 0 unspecified atom stereocenters. The van der Waals surface area contributed by atoms with Crippen LogP contribution in [0.2, 0.25) is 5.02 Å². The van der Waals surface area contributed by atoms with Crippen LogP contribution in [-0.4, -0.2) is 14.5 Å². The van der Waals surface area contributed by atoms with E-state index in [0.29, 0.717) is 4.99 Å². The predicted octanol–water partition coefficient (Wildman–Crippen LogP) is 3.81. The second-order valence-corrected chi connectivity index (χ2v) is 6.22. The van der Waals surface area contributed by atoms with Crippen molar-refractivity contribution < 1.29 is 0 Å². The summed E-state index contributed by atoms with van der Waals surface area (Å²) in [6.07, 6.45) is 4.57. The number of halogens is 1. The van der Waals surface area contributed by atoms with Gasteiger partial charge in [-0.15, -0.1) is 0 Å². The number of hydrogen-bond acceptors (Lipinski definition) is 2. The number of thiocarbonyl (C=S) groups is 1. The average Bonchev–Trinajstić information content (AvgIpc) is 2.97. The number of rotatable bonds is 5. The van der Waals surface area contributed by atoms with Crippen LogP contribution in [0, 0.1) is 0 Å². The fourth-order valence-electron chi connectivity index (χ4n) is 2.46. The molecule has 0 aliphatic heterocycles. The van der Waals surface area contributed by atoms with Gasteiger partial charge in [0.15, 0.2) is 0 Å². The van der Waals surface area contributed by atoms with Gasteiger partial charge in [-0.05, 0) is 29.3 Å². The Labute approximate surface area is 145 Å². The van der Waals surface area contributed by atoms with Crippen LogP contribution in [0.3, 0.4) is 0 Å². The van der Waals surface area contributed by atoms with E-state index in [1.54, 1.807) is 0 Å². The lowest BCUT2D eigenvalue weighted by Crippen LogP contribution is -2.10. The monoisotopic (exact) mass is 341 g/mol. The Kier molecular flexibility index (Phi) is 4.74. The number of nitrogens with zero attached hydrogens (tertiary/aromatic N) is 2. The van der Waals surface area contributed by atoms with E-state index in [9.17, 15) is 0 Å². The summed E-state index contributed by atoms with van der Waals surface area (Å²) < 4.78 is 2.13. The lowest BCUT2D eigenvalue weighted by Gasteiger charge is -2.09. The molecule has 0 bridgehead atoms. The Morgan fingerprint density at radius 2 is 1.91 bits per heavy atom. The third kappa shape index (κ3) is 3.97. The van der Waals surface area contributed by atoms with Crippen molar-refractivity contribution in [3.05, 3.63) is 88.5 Å². The highest BCUT2D eigenvalue weighted by Gasteiger charge is 2.06. The van der Waals surface area contributed by atoms with E-state index in [-0.39, 0.29) is 0 Å². The third-order valence-electron chi connectivity index (χ3n) is 3.64. The van der Waals surface area contributed by atoms with E-state index in [2.05, 4.69) is 15.6 Å². The summed E-state index contributed by atoms with van der Waals surface area (Å²) in [6, 6.07) is 15.8. The van der Waals surface area contributed by atoms with Crippen LogP contribution in [0.15, 0.2) is 60.9 Å². The molecular formula is C18H16ClN3S. The zero-order valence-electron chi connectivity index (χ0n) is 12.4. The Bertz CT molecular complexity index is 824. The fourth-order valence-corrected chi connectivity index (χ4v) is 2.71. The molecule has 0 saturated carbocycles. The standard InChI is InChI=1S/C18H16ClN3S/c19-16-6-4-13(5-7-16)11-17-21-8-9-22(17)12-14-2-1-3-15(10-14)18(20)23/h1-10H,11-12H2,(H2,20,23). The zero-order valence-corrected chi connectivity index (χ0v) is 14.0. The average molecular weight is 342 g/mol. The maximum absolute atomic E-state index is 5.93. The van der Waals surface area contributed by atoms with Crippen LogP contribution < -0.4 is 5.73 Å². The van der Waals surface area contributed by atoms with Gasteiger partial charge in [0.1, 0.15) is 10.8 Å². The molecule has 2 N–H and O–H groups in total. The molecule has 3 nitrogen and oxygen atoms in total. The molecule has 1 heterocycles. The molecule has 116 valence electrons. The third-order valence-corrected chi connectivity index (χ3v) is 4.13. The zero-order chi connectivity index (χ0) is 16.2. The van der Waals surface area contributed by atoms with E-state index < -0.39 is 0 Å². The molecule has 0 radical (unpaired) electrons. The smallest absolute Gasteiger partial charge is 0.113 e. The van der Waals surface area contributed by atoms with Gasteiger partial charge in [0, 0.05) is 35.9 Å². The van der Waals surface area contributed by atoms with Crippen molar-refractivity contribution in [1.29, 1.82) is 0 Å². The van der Waals surface area contributed by atoms with Crippen LogP contribution in [0.4, 0.5) is 0 Å². The Morgan fingerprint density at radius 1 is 1.13 bits per heavy atom. The van der Waals surface area contributed by atoms with E-state index in [1.165, 1.54) is 5.56 Å². The summed E-state index contributed by atoms with van der Waals surface area (Å²) in [6.45, 7) is 0.735. The van der Waals surface area contributed by atoms with Crippen LogP contribution in [-0.2, 0) is 13.0 Å². The first-order valence-corrected chi connectivity index (χ1v) is 8.03. The second kappa shape index (κ2) is 6.94. The van der Waals surface area contributed by atoms with Gasteiger partial charge in [0.25, 0.3) is 0 Å². The Hall–Kier alpha value is -2.17. The molecule has 0 aliphatic rings. The number of aromatic nitrogens is 2. The Balaban J connectivity index is 1.79. The molecule has 5 heteroatoms. The highest BCUT2D eigenvalue weighted by Crippen LogP contribution is 2.14.